The van der Waals surface area contributed by atoms with Crippen molar-refractivity contribution in [1.82, 2.24) is 0 Å². The minimum atomic E-state index is -0.412. The van der Waals surface area contributed by atoms with Crippen LogP contribution in [0.2, 0.25) is 0 Å². The third-order valence-electron chi connectivity index (χ3n) is 1.99. The Balaban J connectivity index is 0.00000169. The fourth-order valence-corrected chi connectivity index (χ4v) is 1.24. The number of nitrogens with two attached hydrogens (primary N) is 1. The van der Waals surface area contributed by atoms with Crippen LogP contribution in [0, 0.1) is 12.7 Å². The average molecular weight is 220 g/mol. The number of benzene rings is 1. The van der Waals surface area contributed by atoms with Crippen molar-refractivity contribution >= 4 is 12.4 Å². The molecular weight excluding hydrogens is 205 g/mol. The normalized spacial score (nSPS) is 12.0. The first-order valence-electron chi connectivity index (χ1n) is 4.27. The van der Waals surface area contributed by atoms with E-state index in [9.17, 15) is 4.39 Å². The van der Waals surface area contributed by atoms with Crippen molar-refractivity contribution in [2.24, 2.45) is 5.73 Å². The van der Waals surface area contributed by atoms with Gasteiger partial charge in [-0.15, -0.1) is 12.4 Å². The molecule has 1 aromatic carbocycles. The van der Waals surface area contributed by atoms with Crippen molar-refractivity contribution in [2.45, 2.75) is 19.4 Å². The predicted molar refractivity (Wildman–Crippen MR) is 57.0 cm³/mol. The standard InChI is InChI=1S/C10H14FNO.ClH/c1-7-2-3-9(11)8(6-7)10(12)4-5-13;/h2-3,6,10,13H,4-5,12H2,1H3;1H. The SMILES string of the molecule is Cc1ccc(F)c(C(N)CCO)c1.Cl. The Morgan fingerprint density at radius 2 is 2.14 bits per heavy atom. The van der Waals surface area contributed by atoms with E-state index in [1.165, 1.54) is 6.07 Å². The van der Waals surface area contributed by atoms with Crippen LogP contribution in [0.4, 0.5) is 4.39 Å². The van der Waals surface area contributed by atoms with Crippen molar-refractivity contribution in [2.75, 3.05) is 6.61 Å². The van der Waals surface area contributed by atoms with Crippen molar-refractivity contribution in [3.8, 4) is 0 Å². The maximum absolute atomic E-state index is 13.2. The number of hydrogen-bond donors (Lipinski definition) is 2. The van der Waals surface area contributed by atoms with Gasteiger partial charge < -0.3 is 10.8 Å². The lowest BCUT2D eigenvalue weighted by atomic mass is 10.0. The lowest BCUT2D eigenvalue weighted by Crippen LogP contribution is -2.13. The van der Waals surface area contributed by atoms with Gasteiger partial charge in [-0.1, -0.05) is 17.7 Å². The first-order valence-corrected chi connectivity index (χ1v) is 4.27. The molecule has 0 spiro atoms. The van der Waals surface area contributed by atoms with Gasteiger partial charge >= 0.3 is 0 Å². The monoisotopic (exact) mass is 219 g/mol. The lowest BCUT2D eigenvalue weighted by Gasteiger charge is -2.11. The van der Waals surface area contributed by atoms with Gasteiger partial charge in [-0.2, -0.15) is 0 Å². The van der Waals surface area contributed by atoms with Gasteiger partial charge in [-0.05, 0) is 19.4 Å². The summed E-state index contributed by atoms with van der Waals surface area (Å²) in [6.07, 6.45) is 0.389. The average Bonchev–Trinajstić information content (AvgIpc) is 2.09. The van der Waals surface area contributed by atoms with E-state index in [-0.39, 0.29) is 24.8 Å². The van der Waals surface area contributed by atoms with Crippen LogP contribution in [-0.2, 0) is 0 Å². The summed E-state index contributed by atoms with van der Waals surface area (Å²) >= 11 is 0. The maximum Gasteiger partial charge on any atom is 0.127 e. The number of aliphatic hydroxyl groups excluding tert-OH is 1. The third-order valence-corrected chi connectivity index (χ3v) is 1.99. The summed E-state index contributed by atoms with van der Waals surface area (Å²) in [7, 11) is 0. The van der Waals surface area contributed by atoms with E-state index in [4.69, 9.17) is 10.8 Å². The fraction of sp³-hybridized carbons (Fsp3) is 0.400. The van der Waals surface area contributed by atoms with Gasteiger partial charge in [0.15, 0.2) is 0 Å². The molecule has 0 aliphatic heterocycles. The Bertz CT molecular complexity index is 293. The van der Waals surface area contributed by atoms with E-state index in [1.807, 2.05) is 6.92 Å². The Hall–Kier alpha value is -0.640. The number of aryl methyl sites for hydroxylation is 1. The van der Waals surface area contributed by atoms with E-state index in [0.29, 0.717) is 12.0 Å². The van der Waals surface area contributed by atoms with Crippen molar-refractivity contribution < 1.29 is 9.50 Å². The first-order chi connectivity index (χ1) is 6.15. The molecule has 0 saturated carbocycles. The molecule has 1 unspecified atom stereocenters. The summed E-state index contributed by atoms with van der Waals surface area (Å²) in [5.74, 6) is -0.299. The molecule has 4 heteroatoms. The van der Waals surface area contributed by atoms with E-state index in [0.717, 1.165) is 5.56 Å². The third kappa shape index (κ3) is 3.25. The highest BCUT2D eigenvalue weighted by Crippen LogP contribution is 2.18. The van der Waals surface area contributed by atoms with Crippen LogP contribution in [0.3, 0.4) is 0 Å². The van der Waals surface area contributed by atoms with Crippen LogP contribution >= 0.6 is 12.4 Å². The maximum atomic E-state index is 13.2. The van der Waals surface area contributed by atoms with Crippen molar-refractivity contribution in [3.05, 3.63) is 35.1 Å². The topological polar surface area (TPSA) is 46.2 Å². The smallest absolute Gasteiger partial charge is 0.127 e. The number of hydrogen-bond acceptors (Lipinski definition) is 2. The molecule has 0 fully saturated rings. The molecule has 0 amide bonds. The molecule has 0 aliphatic rings. The minimum Gasteiger partial charge on any atom is -0.396 e. The van der Waals surface area contributed by atoms with Gasteiger partial charge in [0.25, 0.3) is 0 Å². The second-order valence-electron chi connectivity index (χ2n) is 3.14. The van der Waals surface area contributed by atoms with Gasteiger partial charge in [0.1, 0.15) is 5.82 Å². The molecule has 0 radical (unpaired) electrons. The molecule has 0 saturated heterocycles. The Morgan fingerprint density at radius 1 is 1.50 bits per heavy atom. The number of aliphatic hydroxyl groups is 1. The van der Waals surface area contributed by atoms with Crippen LogP contribution < -0.4 is 5.73 Å². The zero-order valence-corrected chi connectivity index (χ0v) is 8.85. The van der Waals surface area contributed by atoms with Crippen LogP contribution in [0.1, 0.15) is 23.6 Å². The molecule has 3 N–H and O–H groups in total. The Labute approximate surface area is 89.3 Å². The zero-order chi connectivity index (χ0) is 9.84. The Kier molecular flexibility index (Phi) is 5.69. The lowest BCUT2D eigenvalue weighted by molar-refractivity contribution is 0.275. The summed E-state index contributed by atoms with van der Waals surface area (Å²) in [6.45, 7) is 1.86. The largest absolute Gasteiger partial charge is 0.396 e. The van der Waals surface area contributed by atoms with Gasteiger partial charge in [0.2, 0.25) is 0 Å². The summed E-state index contributed by atoms with van der Waals surface area (Å²) in [6, 6.07) is 4.41. The van der Waals surface area contributed by atoms with Gasteiger partial charge in [-0.25, -0.2) is 4.39 Å². The van der Waals surface area contributed by atoms with Gasteiger partial charge in [0, 0.05) is 18.2 Å². The first kappa shape index (κ1) is 13.4. The fourth-order valence-electron chi connectivity index (χ4n) is 1.24. The van der Waals surface area contributed by atoms with Crippen LogP contribution in [0.5, 0.6) is 0 Å². The van der Waals surface area contributed by atoms with Crippen molar-refractivity contribution in [1.29, 1.82) is 0 Å². The predicted octanol–water partition coefficient (Wildman–Crippen LogP) is 1.94. The molecule has 80 valence electrons. The second-order valence-corrected chi connectivity index (χ2v) is 3.14. The molecule has 1 atom stereocenters. The molecule has 0 aliphatic carbocycles. The van der Waals surface area contributed by atoms with Gasteiger partial charge in [-0.3, -0.25) is 0 Å². The van der Waals surface area contributed by atoms with Crippen LogP contribution in [0.25, 0.3) is 0 Å². The highest BCUT2D eigenvalue weighted by Gasteiger charge is 2.10. The number of rotatable bonds is 3. The molecular formula is C10H15ClFNO. The van der Waals surface area contributed by atoms with Gasteiger partial charge in [0.05, 0.1) is 0 Å². The van der Waals surface area contributed by atoms with E-state index < -0.39 is 6.04 Å². The molecule has 1 aromatic rings. The molecule has 0 bridgehead atoms. The van der Waals surface area contributed by atoms with E-state index in [1.54, 1.807) is 12.1 Å². The molecule has 14 heavy (non-hydrogen) atoms. The highest BCUT2D eigenvalue weighted by atomic mass is 35.5. The molecule has 0 heterocycles. The summed E-state index contributed by atoms with van der Waals surface area (Å²) < 4.78 is 13.2. The molecule has 0 aromatic heterocycles. The zero-order valence-electron chi connectivity index (χ0n) is 8.03. The Morgan fingerprint density at radius 3 is 2.71 bits per heavy atom. The van der Waals surface area contributed by atoms with E-state index >= 15 is 0 Å². The molecule has 1 rings (SSSR count). The minimum absolute atomic E-state index is 0. The van der Waals surface area contributed by atoms with Crippen LogP contribution in [-0.4, -0.2) is 11.7 Å². The summed E-state index contributed by atoms with van der Waals surface area (Å²) in [4.78, 5) is 0. The quantitative estimate of drug-likeness (QED) is 0.816. The summed E-state index contributed by atoms with van der Waals surface area (Å²) in [5.41, 5.74) is 7.13. The summed E-state index contributed by atoms with van der Waals surface area (Å²) in [5, 5.41) is 8.66. The highest BCUT2D eigenvalue weighted by molar-refractivity contribution is 5.85. The van der Waals surface area contributed by atoms with Crippen LogP contribution in [0.15, 0.2) is 18.2 Å². The van der Waals surface area contributed by atoms with Crippen molar-refractivity contribution in [3.63, 3.8) is 0 Å². The molecule has 2 nitrogen and oxygen atoms in total. The number of halogens is 2. The van der Waals surface area contributed by atoms with E-state index in [2.05, 4.69) is 0 Å². The second kappa shape index (κ2) is 5.96.